The predicted octanol–water partition coefficient (Wildman–Crippen LogP) is 3.07. The lowest BCUT2D eigenvalue weighted by molar-refractivity contribution is -0.139. The Morgan fingerprint density at radius 1 is 1.32 bits per heavy atom. The van der Waals surface area contributed by atoms with E-state index in [1.807, 2.05) is 19.9 Å². The van der Waals surface area contributed by atoms with E-state index in [1.165, 1.54) is 0 Å². The molecule has 19 heavy (non-hydrogen) atoms. The maximum Gasteiger partial charge on any atom is 0.326 e. The second-order valence-corrected chi connectivity index (χ2v) is 5.45. The molecule has 0 aliphatic rings. The highest BCUT2D eigenvalue weighted by Gasteiger charge is 2.21. The maximum atomic E-state index is 11.8. The molecule has 0 saturated carbocycles. The molecule has 0 spiro atoms. The molecule has 0 aliphatic carbocycles. The molecule has 0 unspecified atom stereocenters. The molecule has 0 saturated heterocycles. The van der Waals surface area contributed by atoms with E-state index in [1.54, 1.807) is 18.2 Å². The van der Waals surface area contributed by atoms with Crippen molar-refractivity contribution in [1.82, 2.24) is 5.32 Å². The van der Waals surface area contributed by atoms with Crippen molar-refractivity contribution in [3.8, 4) is 0 Å². The van der Waals surface area contributed by atoms with Gasteiger partial charge < -0.3 is 15.7 Å². The Bertz CT molecular complexity index is 463. The molecule has 0 aromatic heterocycles. The number of carboxylic acid groups (broad SMARTS) is 1. The van der Waals surface area contributed by atoms with Crippen LogP contribution in [-0.2, 0) is 4.79 Å². The average molecular weight is 329 g/mol. The highest BCUT2D eigenvalue weighted by atomic mass is 79.9. The highest BCUT2D eigenvalue weighted by molar-refractivity contribution is 9.10. The summed E-state index contributed by atoms with van der Waals surface area (Å²) >= 11 is 3.30. The van der Waals surface area contributed by atoms with Crippen molar-refractivity contribution in [3.63, 3.8) is 0 Å². The molecular weight excluding hydrogens is 312 g/mol. The number of para-hydroxylation sites is 1. The molecule has 104 valence electrons. The zero-order valence-electron chi connectivity index (χ0n) is 10.8. The predicted molar refractivity (Wildman–Crippen MR) is 77.2 cm³/mol. The van der Waals surface area contributed by atoms with Crippen molar-refractivity contribution in [2.24, 2.45) is 5.92 Å². The number of urea groups is 1. The number of rotatable bonds is 5. The zero-order chi connectivity index (χ0) is 14.4. The van der Waals surface area contributed by atoms with E-state index >= 15 is 0 Å². The number of carbonyl (C=O) groups excluding carboxylic acids is 1. The summed E-state index contributed by atoms with van der Waals surface area (Å²) in [5.41, 5.74) is 0.591. The van der Waals surface area contributed by atoms with Gasteiger partial charge in [0.2, 0.25) is 0 Å². The van der Waals surface area contributed by atoms with Gasteiger partial charge in [-0.1, -0.05) is 26.0 Å². The van der Waals surface area contributed by atoms with Crippen LogP contribution in [-0.4, -0.2) is 23.1 Å². The molecule has 6 heteroatoms. The minimum absolute atomic E-state index is 0.185. The smallest absolute Gasteiger partial charge is 0.326 e. The van der Waals surface area contributed by atoms with Gasteiger partial charge in [0.15, 0.2) is 0 Å². The number of hydrogen-bond donors (Lipinski definition) is 3. The van der Waals surface area contributed by atoms with Gasteiger partial charge in [-0.05, 0) is 40.4 Å². The van der Waals surface area contributed by atoms with Gasteiger partial charge in [0, 0.05) is 4.47 Å². The Morgan fingerprint density at radius 2 is 1.95 bits per heavy atom. The van der Waals surface area contributed by atoms with Crippen LogP contribution >= 0.6 is 15.9 Å². The SMILES string of the molecule is CC(C)C[C@@H](NC(=O)Nc1ccccc1Br)C(=O)O. The maximum absolute atomic E-state index is 11.8. The molecule has 5 nitrogen and oxygen atoms in total. The number of halogens is 1. The summed E-state index contributed by atoms with van der Waals surface area (Å²) in [6.07, 6.45) is 0.388. The Balaban J connectivity index is 2.63. The summed E-state index contributed by atoms with van der Waals surface area (Å²) in [4.78, 5) is 22.8. The number of aliphatic carboxylic acids is 1. The fraction of sp³-hybridized carbons (Fsp3) is 0.385. The van der Waals surface area contributed by atoms with Crippen LogP contribution in [0.5, 0.6) is 0 Å². The van der Waals surface area contributed by atoms with E-state index in [9.17, 15) is 9.59 Å². The van der Waals surface area contributed by atoms with Gasteiger partial charge in [-0.3, -0.25) is 0 Å². The number of benzene rings is 1. The van der Waals surface area contributed by atoms with Crippen molar-refractivity contribution in [2.45, 2.75) is 26.3 Å². The first-order chi connectivity index (χ1) is 8.90. The number of carbonyl (C=O) groups is 2. The Hall–Kier alpha value is -1.56. The monoisotopic (exact) mass is 328 g/mol. The van der Waals surface area contributed by atoms with Crippen molar-refractivity contribution < 1.29 is 14.7 Å². The summed E-state index contributed by atoms with van der Waals surface area (Å²) in [7, 11) is 0. The van der Waals surface area contributed by atoms with Gasteiger partial charge in [0.1, 0.15) is 6.04 Å². The summed E-state index contributed by atoms with van der Waals surface area (Å²) < 4.78 is 0.737. The van der Waals surface area contributed by atoms with Gasteiger partial charge in [-0.2, -0.15) is 0 Å². The topological polar surface area (TPSA) is 78.4 Å². The molecule has 0 radical (unpaired) electrons. The molecule has 3 N–H and O–H groups in total. The van der Waals surface area contributed by atoms with Crippen LogP contribution in [0.25, 0.3) is 0 Å². The number of amides is 2. The first-order valence-electron chi connectivity index (χ1n) is 5.95. The lowest BCUT2D eigenvalue weighted by atomic mass is 10.0. The Labute approximate surface area is 120 Å². The lowest BCUT2D eigenvalue weighted by Crippen LogP contribution is -2.43. The molecule has 0 bridgehead atoms. The van der Waals surface area contributed by atoms with Gasteiger partial charge in [-0.15, -0.1) is 0 Å². The normalized spacial score (nSPS) is 12.0. The molecule has 2 amide bonds. The van der Waals surface area contributed by atoms with Crippen LogP contribution in [0, 0.1) is 5.92 Å². The van der Waals surface area contributed by atoms with Gasteiger partial charge in [-0.25, -0.2) is 9.59 Å². The standard InChI is InChI=1S/C13H17BrN2O3/c1-8(2)7-11(12(17)18)16-13(19)15-10-6-4-3-5-9(10)14/h3-6,8,11H,7H2,1-2H3,(H,17,18)(H2,15,16,19)/t11-/m1/s1. The highest BCUT2D eigenvalue weighted by Crippen LogP contribution is 2.21. The van der Waals surface area contributed by atoms with Crippen LogP contribution in [0.3, 0.4) is 0 Å². The van der Waals surface area contributed by atoms with E-state index in [0.29, 0.717) is 12.1 Å². The lowest BCUT2D eigenvalue weighted by Gasteiger charge is -2.17. The van der Waals surface area contributed by atoms with Crippen molar-refractivity contribution in [2.75, 3.05) is 5.32 Å². The largest absolute Gasteiger partial charge is 0.480 e. The first-order valence-corrected chi connectivity index (χ1v) is 6.74. The molecule has 1 rings (SSSR count). The number of carboxylic acids is 1. The third kappa shape index (κ3) is 5.30. The van der Waals surface area contributed by atoms with Crippen molar-refractivity contribution in [1.29, 1.82) is 0 Å². The fourth-order valence-corrected chi connectivity index (χ4v) is 1.96. The van der Waals surface area contributed by atoms with E-state index in [0.717, 1.165) is 4.47 Å². The van der Waals surface area contributed by atoms with E-state index in [4.69, 9.17) is 5.11 Å². The molecular formula is C13H17BrN2O3. The van der Waals surface area contributed by atoms with Crippen molar-refractivity contribution >= 4 is 33.6 Å². The minimum atomic E-state index is -1.03. The molecule has 1 aromatic carbocycles. The second kappa shape index (κ2) is 7.13. The van der Waals surface area contributed by atoms with Gasteiger partial charge in [0.05, 0.1) is 5.69 Å². The van der Waals surface area contributed by atoms with E-state index in [-0.39, 0.29) is 5.92 Å². The average Bonchev–Trinajstić information content (AvgIpc) is 2.30. The first kappa shape index (κ1) is 15.5. The van der Waals surface area contributed by atoms with Crippen LogP contribution in [0.15, 0.2) is 28.7 Å². The molecule has 0 fully saturated rings. The second-order valence-electron chi connectivity index (χ2n) is 4.60. The molecule has 1 atom stereocenters. The van der Waals surface area contributed by atoms with Gasteiger partial charge >= 0.3 is 12.0 Å². The van der Waals surface area contributed by atoms with Gasteiger partial charge in [0.25, 0.3) is 0 Å². The summed E-state index contributed by atoms with van der Waals surface area (Å²) in [5.74, 6) is -0.846. The van der Waals surface area contributed by atoms with Crippen LogP contribution in [0.2, 0.25) is 0 Å². The minimum Gasteiger partial charge on any atom is -0.480 e. The zero-order valence-corrected chi connectivity index (χ0v) is 12.4. The Kier molecular flexibility index (Phi) is 5.82. The third-order valence-electron chi connectivity index (χ3n) is 2.43. The van der Waals surface area contributed by atoms with E-state index in [2.05, 4.69) is 26.6 Å². The summed E-state index contributed by atoms with van der Waals surface area (Å²) in [6, 6.07) is 5.71. The number of nitrogens with one attached hydrogen (secondary N) is 2. The van der Waals surface area contributed by atoms with Crippen LogP contribution in [0.4, 0.5) is 10.5 Å². The van der Waals surface area contributed by atoms with Crippen molar-refractivity contribution in [3.05, 3.63) is 28.7 Å². The Morgan fingerprint density at radius 3 is 2.47 bits per heavy atom. The fourth-order valence-electron chi connectivity index (χ4n) is 1.57. The van der Waals surface area contributed by atoms with E-state index < -0.39 is 18.0 Å². The number of hydrogen-bond acceptors (Lipinski definition) is 2. The summed E-state index contributed by atoms with van der Waals surface area (Å²) in [6.45, 7) is 3.81. The molecule has 0 heterocycles. The number of anilines is 1. The molecule has 1 aromatic rings. The van der Waals surface area contributed by atoms with Crippen LogP contribution < -0.4 is 10.6 Å². The third-order valence-corrected chi connectivity index (χ3v) is 3.12. The summed E-state index contributed by atoms with van der Waals surface area (Å²) in [5, 5.41) is 14.1. The quantitative estimate of drug-likeness (QED) is 0.777. The molecule has 0 aliphatic heterocycles. The van der Waals surface area contributed by atoms with Crippen LogP contribution in [0.1, 0.15) is 20.3 Å².